The fourth-order valence-corrected chi connectivity index (χ4v) is 2.95. The SMILES string of the molecule is C=C1CC(S)C(=O)N1CC1CCCCC1. The van der Waals surface area contributed by atoms with Crippen LogP contribution in [0.1, 0.15) is 38.5 Å². The van der Waals surface area contributed by atoms with E-state index in [4.69, 9.17) is 0 Å². The Morgan fingerprint density at radius 1 is 1.33 bits per heavy atom. The van der Waals surface area contributed by atoms with Gasteiger partial charge >= 0.3 is 0 Å². The van der Waals surface area contributed by atoms with Crippen molar-refractivity contribution in [2.24, 2.45) is 5.92 Å². The molecule has 84 valence electrons. The Bertz CT molecular complexity index is 271. The fourth-order valence-electron chi connectivity index (χ4n) is 2.60. The zero-order chi connectivity index (χ0) is 10.8. The van der Waals surface area contributed by atoms with Crippen molar-refractivity contribution in [3.8, 4) is 0 Å². The summed E-state index contributed by atoms with van der Waals surface area (Å²) in [5.41, 5.74) is 0.963. The second-order valence-corrected chi connectivity index (χ2v) is 5.36. The van der Waals surface area contributed by atoms with Gasteiger partial charge in [-0.25, -0.2) is 0 Å². The van der Waals surface area contributed by atoms with Crippen molar-refractivity contribution in [1.82, 2.24) is 4.90 Å². The van der Waals surface area contributed by atoms with Crippen LogP contribution in [0, 0.1) is 5.92 Å². The van der Waals surface area contributed by atoms with Crippen LogP contribution in [0.3, 0.4) is 0 Å². The first kappa shape index (κ1) is 11.1. The predicted octanol–water partition coefficient (Wildman–Crippen LogP) is 2.61. The van der Waals surface area contributed by atoms with Gasteiger partial charge in [0, 0.05) is 18.7 Å². The molecule has 2 fully saturated rings. The number of allylic oxidation sites excluding steroid dienone is 1. The van der Waals surface area contributed by atoms with E-state index in [0.717, 1.165) is 18.7 Å². The van der Waals surface area contributed by atoms with Gasteiger partial charge in [-0.1, -0.05) is 25.8 Å². The van der Waals surface area contributed by atoms with E-state index in [9.17, 15) is 4.79 Å². The summed E-state index contributed by atoms with van der Waals surface area (Å²) in [6, 6.07) is 0. The van der Waals surface area contributed by atoms with E-state index >= 15 is 0 Å². The van der Waals surface area contributed by atoms with E-state index < -0.39 is 0 Å². The molecular weight excluding hydrogens is 206 g/mol. The number of carbonyl (C=O) groups excluding carboxylic acids is 1. The van der Waals surface area contributed by atoms with Crippen LogP contribution in [0.4, 0.5) is 0 Å². The summed E-state index contributed by atoms with van der Waals surface area (Å²) in [7, 11) is 0. The molecule has 0 aromatic carbocycles. The molecular formula is C12H19NOS. The van der Waals surface area contributed by atoms with Crippen molar-refractivity contribution in [3.05, 3.63) is 12.3 Å². The normalized spacial score (nSPS) is 28.9. The van der Waals surface area contributed by atoms with Gasteiger partial charge in [-0.05, 0) is 18.8 Å². The lowest BCUT2D eigenvalue weighted by molar-refractivity contribution is -0.126. The minimum Gasteiger partial charge on any atom is -0.316 e. The summed E-state index contributed by atoms with van der Waals surface area (Å²) in [6.07, 6.45) is 7.28. The van der Waals surface area contributed by atoms with Crippen molar-refractivity contribution in [2.45, 2.75) is 43.8 Å². The lowest BCUT2D eigenvalue weighted by Gasteiger charge is -2.27. The van der Waals surface area contributed by atoms with Crippen molar-refractivity contribution in [2.75, 3.05) is 6.54 Å². The standard InChI is InChI=1S/C12H19NOS/c1-9-7-11(15)12(14)13(9)8-10-5-3-2-4-6-10/h10-11,15H,1-8H2. The Hall–Kier alpha value is -0.440. The third-order valence-corrected chi connectivity index (χ3v) is 3.93. The molecule has 0 aromatic rings. The van der Waals surface area contributed by atoms with Gasteiger partial charge in [0.2, 0.25) is 5.91 Å². The Labute approximate surface area is 97.1 Å². The van der Waals surface area contributed by atoms with Crippen molar-refractivity contribution < 1.29 is 4.79 Å². The van der Waals surface area contributed by atoms with Crippen molar-refractivity contribution in [1.29, 1.82) is 0 Å². The van der Waals surface area contributed by atoms with Crippen LogP contribution in [-0.4, -0.2) is 22.6 Å². The van der Waals surface area contributed by atoms with Crippen LogP contribution >= 0.6 is 12.6 Å². The zero-order valence-electron chi connectivity index (χ0n) is 9.11. The third kappa shape index (κ3) is 2.39. The maximum atomic E-state index is 11.8. The van der Waals surface area contributed by atoms with Gasteiger partial charge in [0.15, 0.2) is 0 Å². The molecule has 1 saturated heterocycles. The highest BCUT2D eigenvalue weighted by molar-refractivity contribution is 7.81. The molecule has 2 aliphatic rings. The molecule has 1 saturated carbocycles. The first-order chi connectivity index (χ1) is 7.18. The Kier molecular flexibility index (Phi) is 3.39. The number of carbonyl (C=O) groups is 1. The van der Waals surface area contributed by atoms with Crippen LogP contribution in [0.25, 0.3) is 0 Å². The maximum absolute atomic E-state index is 11.8. The Morgan fingerprint density at radius 2 is 2.00 bits per heavy atom. The second kappa shape index (κ2) is 4.60. The quantitative estimate of drug-likeness (QED) is 0.716. The maximum Gasteiger partial charge on any atom is 0.239 e. The van der Waals surface area contributed by atoms with Crippen LogP contribution < -0.4 is 0 Å². The molecule has 1 unspecified atom stereocenters. The second-order valence-electron chi connectivity index (χ2n) is 4.74. The van der Waals surface area contributed by atoms with Gasteiger partial charge in [0.05, 0.1) is 5.25 Å². The molecule has 0 spiro atoms. The molecule has 0 bridgehead atoms. The van der Waals surface area contributed by atoms with E-state index in [0.29, 0.717) is 5.92 Å². The number of hydrogen-bond donors (Lipinski definition) is 1. The molecule has 1 aliphatic carbocycles. The smallest absolute Gasteiger partial charge is 0.239 e. The minimum atomic E-state index is -0.138. The lowest BCUT2D eigenvalue weighted by atomic mass is 9.89. The molecule has 1 heterocycles. The highest BCUT2D eigenvalue weighted by Gasteiger charge is 2.33. The number of hydrogen-bond acceptors (Lipinski definition) is 2. The summed E-state index contributed by atoms with van der Waals surface area (Å²) < 4.78 is 0. The molecule has 1 amide bonds. The van der Waals surface area contributed by atoms with Crippen molar-refractivity contribution >= 4 is 18.5 Å². The highest BCUT2D eigenvalue weighted by Crippen LogP contribution is 2.30. The molecule has 1 aliphatic heterocycles. The molecule has 3 heteroatoms. The Balaban J connectivity index is 1.93. The number of amides is 1. The molecule has 1 atom stereocenters. The van der Waals surface area contributed by atoms with Crippen LogP contribution in [0.5, 0.6) is 0 Å². The van der Waals surface area contributed by atoms with Gasteiger partial charge in [-0.3, -0.25) is 4.79 Å². The molecule has 15 heavy (non-hydrogen) atoms. The predicted molar refractivity (Wildman–Crippen MR) is 64.8 cm³/mol. The molecule has 2 rings (SSSR count). The lowest BCUT2D eigenvalue weighted by Crippen LogP contribution is -2.32. The first-order valence-corrected chi connectivity index (χ1v) is 6.37. The number of rotatable bonds is 2. The third-order valence-electron chi connectivity index (χ3n) is 3.53. The largest absolute Gasteiger partial charge is 0.316 e. The fraction of sp³-hybridized carbons (Fsp3) is 0.750. The molecule has 2 nitrogen and oxygen atoms in total. The van der Waals surface area contributed by atoms with Crippen LogP contribution in [0.2, 0.25) is 0 Å². The van der Waals surface area contributed by atoms with Crippen molar-refractivity contribution in [3.63, 3.8) is 0 Å². The first-order valence-electron chi connectivity index (χ1n) is 5.85. The Morgan fingerprint density at radius 3 is 2.53 bits per heavy atom. The number of thiol groups is 1. The summed E-state index contributed by atoms with van der Waals surface area (Å²) in [5, 5.41) is -0.138. The summed E-state index contributed by atoms with van der Waals surface area (Å²) in [6.45, 7) is 4.84. The summed E-state index contributed by atoms with van der Waals surface area (Å²) in [5.74, 6) is 0.854. The van der Waals surface area contributed by atoms with Crippen LogP contribution in [-0.2, 0) is 4.79 Å². The molecule has 0 radical (unpaired) electrons. The van der Waals surface area contributed by atoms with Crippen LogP contribution in [0.15, 0.2) is 12.3 Å². The van der Waals surface area contributed by atoms with Gasteiger partial charge in [0.25, 0.3) is 0 Å². The summed E-state index contributed by atoms with van der Waals surface area (Å²) >= 11 is 4.27. The van der Waals surface area contributed by atoms with E-state index in [1.165, 1.54) is 32.1 Å². The minimum absolute atomic E-state index is 0.138. The summed E-state index contributed by atoms with van der Waals surface area (Å²) in [4.78, 5) is 13.6. The number of likely N-dealkylation sites (tertiary alicyclic amines) is 1. The average Bonchev–Trinajstić information content (AvgIpc) is 2.47. The monoisotopic (exact) mass is 225 g/mol. The van der Waals surface area contributed by atoms with E-state index in [1.54, 1.807) is 0 Å². The van der Waals surface area contributed by atoms with Gasteiger partial charge in [-0.15, -0.1) is 0 Å². The van der Waals surface area contributed by atoms with E-state index in [2.05, 4.69) is 19.2 Å². The molecule has 0 aromatic heterocycles. The number of nitrogens with zero attached hydrogens (tertiary/aromatic N) is 1. The molecule has 0 N–H and O–H groups in total. The van der Waals surface area contributed by atoms with Gasteiger partial charge in [0.1, 0.15) is 0 Å². The van der Waals surface area contributed by atoms with E-state index in [-0.39, 0.29) is 11.2 Å². The topological polar surface area (TPSA) is 20.3 Å². The van der Waals surface area contributed by atoms with E-state index in [1.807, 2.05) is 4.90 Å². The zero-order valence-corrected chi connectivity index (χ0v) is 10.0. The van der Waals surface area contributed by atoms with Gasteiger partial charge < -0.3 is 4.90 Å². The average molecular weight is 225 g/mol. The highest BCUT2D eigenvalue weighted by atomic mass is 32.1. The van der Waals surface area contributed by atoms with Gasteiger partial charge in [-0.2, -0.15) is 12.6 Å².